The van der Waals surface area contributed by atoms with Crippen molar-refractivity contribution >= 4 is 34.8 Å². The number of nitrogens with one attached hydrogen (secondary N) is 1. The van der Waals surface area contributed by atoms with Gasteiger partial charge in [-0.3, -0.25) is 19.3 Å². The van der Waals surface area contributed by atoms with E-state index in [0.29, 0.717) is 29.4 Å². The van der Waals surface area contributed by atoms with E-state index in [2.05, 4.69) is 5.32 Å². The van der Waals surface area contributed by atoms with Gasteiger partial charge in [0.05, 0.1) is 18.7 Å². The Kier molecular flexibility index (Phi) is 8.59. The van der Waals surface area contributed by atoms with Gasteiger partial charge >= 0.3 is 5.97 Å². The largest absolute Gasteiger partial charge is 0.492 e. The summed E-state index contributed by atoms with van der Waals surface area (Å²) in [5.41, 5.74) is 1.90. The zero-order valence-electron chi connectivity index (χ0n) is 18.4. The Morgan fingerprint density at radius 1 is 0.788 bits per heavy atom. The van der Waals surface area contributed by atoms with E-state index < -0.39 is 18.5 Å². The SMILES string of the molecule is CCOc1ccccc1NC(=O)COC(=O)CCC(=O)N(c1ccccc1)c1ccccc1. The number of hydrogen-bond acceptors (Lipinski definition) is 5. The lowest BCUT2D eigenvalue weighted by molar-refractivity contribution is -0.148. The van der Waals surface area contributed by atoms with Gasteiger partial charge in [-0.25, -0.2) is 0 Å². The van der Waals surface area contributed by atoms with Gasteiger partial charge < -0.3 is 14.8 Å². The predicted molar refractivity (Wildman–Crippen MR) is 126 cm³/mol. The van der Waals surface area contributed by atoms with E-state index in [4.69, 9.17) is 9.47 Å². The van der Waals surface area contributed by atoms with E-state index in [-0.39, 0.29) is 18.7 Å². The molecule has 0 aliphatic heterocycles. The summed E-state index contributed by atoms with van der Waals surface area (Å²) in [5, 5.41) is 2.66. The van der Waals surface area contributed by atoms with Crippen LogP contribution in [0, 0.1) is 0 Å². The highest BCUT2D eigenvalue weighted by Crippen LogP contribution is 2.26. The van der Waals surface area contributed by atoms with E-state index in [0.717, 1.165) is 0 Å². The molecule has 0 heterocycles. The van der Waals surface area contributed by atoms with Gasteiger partial charge in [0.1, 0.15) is 5.75 Å². The molecule has 3 aromatic rings. The highest BCUT2D eigenvalue weighted by atomic mass is 16.5. The second-order valence-electron chi connectivity index (χ2n) is 7.04. The highest BCUT2D eigenvalue weighted by Gasteiger charge is 2.19. The second kappa shape index (κ2) is 12.0. The van der Waals surface area contributed by atoms with Crippen molar-refractivity contribution in [1.29, 1.82) is 0 Å². The number of anilines is 3. The molecular weight excluding hydrogens is 420 g/mol. The molecule has 7 nitrogen and oxygen atoms in total. The van der Waals surface area contributed by atoms with Crippen LogP contribution in [-0.4, -0.2) is 31.0 Å². The third kappa shape index (κ3) is 6.93. The minimum absolute atomic E-state index is 0.0581. The molecule has 3 aromatic carbocycles. The molecule has 0 aliphatic rings. The maximum Gasteiger partial charge on any atom is 0.306 e. The summed E-state index contributed by atoms with van der Waals surface area (Å²) in [5.74, 6) is -0.832. The van der Waals surface area contributed by atoms with Gasteiger partial charge in [-0.1, -0.05) is 48.5 Å². The van der Waals surface area contributed by atoms with Gasteiger partial charge in [-0.2, -0.15) is 0 Å². The molecule has 0 fully saturated rings. The number of nitrogens with zero attached hydrogens (tertiary/aromatic N) is 1. The Morgan fingerprint density at radius 2 is 1.36 bits per heavy atom. The van der Waals surface area contributed by atoms with E-state index in [9.17, 15) is 14.4 Å². The van der Waals surface area contributed by atoms with Crippen LogP contribution in [0.25, 0.3) is 0 Å². The standard InChI is InChI=1S/C26H26N2O5/c1-2-32-23-16-10-9-15-22(23)27-24(29)19-33-26(31)18-17-25(30)28(20-11-5-3-6-12-20)21-13-7-4-8-14-21/h3-16H,2,17-19H2,1H3,(H,27,29). The minimum atomic E-state index is -0.627. The van der Waals surface area contributed by atoms with Crippen molar-refractivity contribution in [2.45, 2.75) is 19.8 Å². The first-order chi connectivity index (χ1) is 16.1. The van der Waals surface area contributed by atoms with Crippen LogP contribution in [0.15, 0.2) is 84.9 Å². The topological polar surface area (TPSA) is 84.9 Å². The fraction of sp³-hybridized carbons (Fsp3) is 0.192. The van der Waals surface area contributed by atoms with Gasteiger partial charge in [0.2, 0.25) is 5.91 Å². The van der Waals surface area contributed by atoms with Crippen LogP contribution < -0.4 is 15.0 Å². The number of ether oxygens (including phenoxy) is 2. The average Bonchev–Trinajstić information content (AvgIpc) is 2.84. The lowest BCUT2D eigenvalue weighted by atomic mass is 10.2. The van der Waals surface area contributed by atoms with Gasteiger partial charge in [-0.05, 0) is 43.3 Å². The molecule has 33 heavy (non-hydrogen) atoms. The fourth-order valence-corrected chi connectivity index (χ4v) is 3.17. The number of carbonyl (C=O) groups is 3. The van der Waals surface area contributed by atoms with Crippen molar-refractivity contribution < 1.29 is 23.9 Å². The number of para-hydroxylation sites is 4. The van der Waals surface area contributed by atoms with Crippen molar-refractivity contribution in [3.8, 4) is 5.75 Å². The third-order valence-electron chi connectivity index (χ3n) is 4.65. The summed E-state index contributed by atoms with van der Waals surface area (Å²) in [7, 11) is 0. The van der Waals surface area contributed by atoms with Crippen LogP contribution in [0.3, 0.4) is 0 Å². The van der Waals surface area contributed by atoms with E-state index in [1.807, 2.05) is 67.6 Å². The smallest absolute Gasteiger partial charge is 0.306 e. The monoisotopic (exact) mass is 446 g/mol. The van der Waals surface area contributed by atoms with Gasteiger partial charge in [0, 0.05) is 17.8 Å². The molecule has 0 unspecified atom stereocenters. The van der Waals surface area contributed by atoms with Crippen molar-refractivity contribution in [3.63, 3.8) is 0 Å². The Labute approximate surface area is 192 Å². The number of benzene rings is 3. The van der Waals surface area contributed by atoms with E-state index in [1.165, 1.54) is 0 Å². The van der Waals surface area contributed by atoms with Crippen LogP contribution in [0.4, 0.5) is 17.1 Å². The first-order valence-corrected chi connectivity index (χ1v) is 10.7. The molecule has 7 heteroatoms. The molecule has 0 spiro atoms. The minimum Gasteiger partial charge on any atom is -0.492 e. The molecule has 0 aliphatic carbocycles. The van der Waals surface area contributed by atoms with Crippen LogP contribution in [0.1, 0.15) is 19.8 Å². The van der Waals surface area contributed by atoms with Crippen LogP contribution >= 0.6 is 0 Å². The Balaban J connectivity index is 1.53. The Morgan fingerprint density at radius 3 is 1.97 bits per heavy atom. The molecular formula is C26H26N2O5. The average molecular weight is 447 g/mol. The summed E-state index contributed by atoms with van der Waals surface area (Å²) in [6.07, 6.45) is -0.199. The second-order valence-corrected chi connectivity index (χ2v) is 7.04. The number of rotatable bonds is 10. The molecule has 170 valence electrons. The molecule has 2 amide bonds. The first-order valence-electron chi connectivity index (χ1n) is 10.7. The number of hydrogen-bond donors (Lipinski definition) is 1. The molecule has 0 aromatic heterocycles. The van der Waals surface area contributed by atoms with Crippen LogP contribution in [-0.2, 0) is 19.1 Å². The highest BCUT2D eigenvalue weighted by molar-refractivity contribution is 6.01. The van der Waals surface area contributed by atoms with Crippen molar-refractivity contribution in [2.24, 2.45) is 0 Å². The zero-order valence-corrected chi connectivity index (χ0v) is 18.4. The maximum absolute atomic E-state index is 13.0. The zero-order chi connectivity index (χ0) is 23.5. The fourth-order valence-electron chi connectivity index (χ4n) is 3.17. The molecule has 0 saturated heterocycles. The van der Waals surface area contributed by atoms with E-state index >= 15 is 0 Å². The Hall–Kier alpha value is -4.13. The number of amides is 2. The predicted octanol–water partition coefficient (Wildman–Crippen LogP) is 4.71. The maximum atomic E-state index is 13.0. The van der Waals surface area contributed by atoms with Gasteiger partial charge in [0.15, 0.2) is 6.61 Å². The molecule has 1 N–H and O–H groups in total. The summed E-state index contributed by atoms with van der Waals surface area (Å²) in [4.78, 5) is 38.9. The van der Waals surface area contributed by atoms with E-state index in [1.54, 1.807) is 29.2 Å². The van der Waals surface area contributed by atoms with Crippen molar-refractivity contribution in [1.82, 2.24) is 0 Å². The molecule has 0 bridgehead atoms. The molecule has 0 radical (unpaired) electrons. The quantitative estimate of drug-likeness (QED) is 0.456. The lowest BCUT2D eigenvalue weighted by Crippen LogP contribution is -2.27. The lowest BCUT2D eigenvalue weighted by Gasteiger charge is -2.23. The third-order valence-corrected chi connectivity index (χ3v) is 4.65. The van der Waals surface area contributed by atoms with Crippen molar-refractivity contribution in [2.75, 3.05) is 23.4 Å². The van der Waals surface area contributed by atoms with Gasteiger partial charge in [-0.15, -0.1) is 0 Å². The number of carbonyl (C=O) groups excluding carboxylic acids is 3. The first kappa shape index (κ1) is 23.5. The number of esters is 1. The molecule has 0 saturated carbocycles. The summed E-state index contributed by atoms with van der Waals surface area (Å²) in [6.45, 7) is 1.85. The van der Waals surface area contributed by atoms with Gasteiger partial charge in [0.25, 0.3) is 5.91 Å². The summed E-state index contributed by atoms with van der Waals surface area (Å²) < 4.78 is 10.5. The summed E-state index contributed by atoms with van der Waals surface area (Å²) >= 11 is 0. The Bertz CT molecular complexity index is 1030. The summed E-state index contributed by atoms with van der Waals surface area (Å²) in [6, 6.07) is 25.4. The molecule has 3 rings (SSSR count). The van der Waals surface area contributed by atoms with Crippen LogP contribution in [0.2, 0.25) is 0 Å². The van der Waals surface area contributed by atoms with Crippen LogP contribution in [0.5, 0.6) is 5.75 Å². The van der Waals surface area contributed by atoms with Crippen molar-refractivity contribution in [3.05, 3.63) is 84.9 Å². The normalized spacial score (nSPS) is 10.2. The molecule has 0 atom stereocenters.